The standard InChI is InChI=1S/C23H23N/c1-2-8-21(9-3-1)23-17-22(14-15-24-23)20-12-10-19(11-13-20)16-18-6-4-5-7-18/h1-3,8-15,17-18H,4-7,16H2. The van der Waals surface area contributed by atoms with E-state index in [1.54, 1.807) is 0 Å². The fourth-order valence-electron chi connectivity index (χ4n) is 3.76. The van der Waals surface area contributed by atoms with Crippen molar-refractivity contribution in [2.45, 2.75) is 32.1 Å². The largest absolute Gasteiger partial charge is 0.256 e. The van der Waals surface area contributed by atoms with E-state index in [1.165, 1.54) is 48.8 Å². The second-order valence-corrected chi connectivity index (χ2v) is 6.85. The van der Waals surface area contributed by atoms with Crippen LogP contribution in [0, 0.1) is 5.92 Å². The minimum Gasteiger partial charge on any atom is -0.256 e. The van der Waals surface area contributed by atoms with Crippen molar-refractivity contribution in [1.29, 1.82) is 0 Å². The number of pyridine rings is 1. The van der Waals surface area contributed by atoms with Crippen LogP contribution in [0.15, 0.2) is 72.9 Å². The predicted molar refractivity (Wildman–Crippen MR) is 101 cm³/mol. The molecule has 1 heteroatoms. The Kier molecular flexibility index (Phi) is 4.42. The molecule has 1 aromatic heterocycles. The first-order valence-electron chi connectivity index (χ1n) is 8.99. The monoisotopic (exact) mass is 313 g/mol. The molecular weight excluding hydrogens is 290 g/mol. The van der Waals surface area contributed by atoms with E-state index in [1.807, 2.05) is 12.3 Å². The molecule has 0 saturated heterocycles. The van der Waals surface area contributed by atoms with Gasteiger partial charge in [-0.1, -0.05) is 80.3 Å². The molecule has 1 saturated carbocycles. The van der Waals surface area contributed by atoms with E-state index in [2.05, 4.69) is 65.6 Å². The molecule has 0 unspecified atom stereocenters. The van der Waals surface area contributed by atoms with Gasteiger partial charge in [-0.05, 0) is 41.2 Å². The summed E-state index contributed by atoms with van der Waals surface area (Å²) < 4.78 is 0. The first kappa shape index (κ1) is 15.1. The third kappa shape index (κ3) is 3.41. The lowest BCUT2D eigenvalue weighted by Gasteiger charge is -2.10. The van der Waals surface area contributed by atoms with Crippen LogP contribution in [0.5, 0.6) is 0 Å². The van der Waals surface area contributed by atoms with Crippen LogP contribution >= 0.6 is 0 Å². The van der Waals surface area contributed by atoms with Gasteiger partial charge in [0.2, 0.25) is 0 Å². The Bertz CT molecular complexity index is 784. The van der Waals surface area contributed by atoms with Crippen LogP contribution in [-0.4, -0.2) is 4.98 Å². The van der Waals surface area contributed by atoms with Crippen LogP contribution in [-0.2, 0) is 6.42 Å². The van der Waals surface area contributed by atoms with Gasteiger partial charge in [-0.3, -0.25) is 4.98 Å². The van der Waals surface area contributed by atoms with E-state index in [9.17, 15) is 0 Å². The van der Waals surface area contributed by atoms with Crippen LogP contribution in [0.25, 0.3) is 22.4 Å². The van der Waals surface area contributed by atoms with Crippen molar-refractivity contribution < 1.29 is 0 Å². The van der Waals surface area contributed by atoms with E-state index < -0.39 is 0 Å². The number of benzene rings is 2. The van der Waals surface area contributed by atoms with Crippen molar-refractivity contribution in [3.63, 3.8) is 0 Å². The van der Waals surface area contributed by atoms with Crippen LogP contribution < -0.4 is 0 Å². The van der Waals surface area contributed by atoms with E-state index in [0.29, 0.717) is 0 Å². The van der Waals surface area contributed by atoms with Crippen LogP contribution in [0.1, 0.15) is 31.2 Å². The van der Waals surface area contributed by atoms with E-state index in [-0.39, 0.29) is 0 Å². The minimum absolute atomic E-state index is 0.904. The van der Waals surface area contributed by atoms with Gasteiger partial charge < -0.3 is 0 Å². The molecule has 0 amide bonds. The summed E-state index contributed by atoms with van der Waals surface area (Å²) >= 11 is 0. The lowest BCUT2D eigenvalue weighted by molar-refractivity contribution is 0.546. The highest BCUT2D eigenvalue weighted by Gasteiger charge is 2.15. The third-order valence-corrected chi connectivity index (χ3v) is 5.12. The topological polar surface area (TPSA) is 12.9 Å². The molecule has 1 aliphatic rings. The molecule has 24 heavy (non-hydrogen) atoms. The Morgan fingerprint density at radius 3 is 2.25 bits per heavy atom. The molecule has 0 bridgehead atoms. The van der Waals surface area contributed by atoms with Gasteiger partial charge in [0.25, 0.3) is 0 Å². The predicted octanol–water partition coefficient (Wildman–Crippen LogP) is 6.15. The number of nitrogens with zero attached hydrogens (tertiary/aromatic N) is 1. The minimum atomic E-state index is 0.904. The summed E-state index contributed by atoms with van der Waals surface area (Å²) in [5.41, 5.74) is 6.17. The summed E-state index contributed by atoms with van der Waals surface area (Å²) in [5.74, 6) is 0.904. The maximum atomic E-state index is 4.52. The molecule has 0 radical (unpaired) electrons. The lowest BCUT2D eigenvalue weighted by Crippen LogP contribution is -1.98. The van der Waals surface area contributed by atoms with Crippen molar-refractivity contribution in [3.05, 3.63) is 78.5 Å². The summed E-state index contributed by atoms with van der Waals surface area (Å²) in [7, 11) is 0. The summed E-state index contributed by atoms with van der Waals surface area (Å²) in [6.45, 7) is 0. The van der Waals surface area contributed by atoms with Gasteiger partial charge in [0.1, 0.15) is 0 Å². The normalized spacial score (nSPS) is 14.8. The van der Waals surface area contributed by atoms with Crippen molar-refractivity contribution in [1.82, 2.24) is 4.98 Å². The Hall–Kier alpha value is -2.41. The molecule has 3 aromatic rings. The summed E-state index contributed by atoms with van der Waals surface area (Å²) in [5, 5.41) is 0. The maximum Gasteiger partial charge on any atom is 0.0708 e. The van der Waals surface area contributed by atoms with Crippen LogP contribution in [0.4, 0.5) is 0 Å². The smallest absolute Gasteiger partial charge is 0.0708 e. The first-order valence-corrected chi connectivity index (χ1v) is 8.99. The molecule has 0 spiro atoms. The van der Waals surface area contributed by atoms with Crippen molar-refractivity contribution >= 4 is 0 Å². The Balaban J connectivity index is 1.55. The molecule has 1 fully saturated rings. The van der Waals surface area contributed by atoms with Crippen molar-refractivity contribution in [2.24, 2.45) is 5.92 Å². The number of hydrogen-bond donors (Lipinski definition) is 0. The average Bonchev–Trinajstić information content (AvgIpc) is 3.16. The molecule has 4 rings (SSSR count). The Labute approximate surface area is 144 Å². The third-order valence-electron chi connectivity index (χ3n) is 5.12. The molecule has 2 aromatic carbocycles. The first-order chi connectivity index (χ1) is 11.9. The van der Waals surface area contributed by atoms with Crippen LogP contribution in [0.2, 0.25) is 0 Å². The molecule has 120 valence electrons. The molecule has 1 nitrogen and oxygen atoms in total. The van der Waals surface area contributed by atoms with Gasteiger partial charge in [-0.25, -0.2) is 0 Å². The second-order valence-electron chi connectivity index (χ2n) is 6.85. The van der Waals surface area contributed by atoms with Crippen LogP contribution in [0.3, 0.4) is 0 Å². The van der Waals surface area contributed by atoms with Gasteiger partial charge in [0.15, 0.2) is 0 Å². The number of rotatable bonds is 4. The van der Waals surface area contributed by atoms with Gasteiger partial charge >= 0.3 is 0 Å². The molecule has 0 atom stereocenters. The highest BCUT2D eigenvalue weighted by Crippen LogP contribution is 2.29. The molecule has 1 aliphatic carbocycles. The number of hydrogen-bond acceptors (Lipinski definition) is 1. The van der Waals surface area contributed by atoms with E-state index >= 15 is 0 Å². The fraction of sp³-hybridized carbons (Fsp3) is 0.261. The Morgan fingerprint density at radius 2 is 1.50 bits per heavy atom. The zero-order valence-corrected chi connectivity index (χ0v) is 14.0. The highest BCUT2D eigenvalue weighted by atomic mass is 14.7. The van der Waals surface area contributed by atoms with Crippen molar-refractivity contribution in [2.75, 3.05) is 0 Å². The van der Waals surface area contributed by atoms with Gasteiger partial charge in [0.05, 0.1) is 5.69 Å². The van der Waals surface area contributed by atoms with Crippen molar-refractivity contribution in [3.8, 4) is 22.4 Å². The SMILES string of the molecule is c1ccc(-c2cc(-c3ccc(CC4CCCC4)cc3)ccn2)cc1. The van der Waals surface area contributed by atoms with Gasteiger partial charge in [-0.15, -0.1) is 0 Å². The van der Waals surface area contributed by atoms with E-state index in [4.69, 9.17) is 0 Å². The maximum absolute atomic E-state index is 4.52. The molecule has 0 N–H and O–H groups in total. The highest BCUT2D eigenvalue weighted by molar-refractivity contribution is 5.70. The quantitative estimate of drug-likeness (QED) is 0.563. The zero-order chi connectivity index (χ0) is 16.2. The fourth-order valence-corrected chi connectivity index (χ4v) is 3.76. The molecular formula is C23H23N. The second kappa shape index (κ2) is 7.00. The summed E-state index contributed by atoms with van der Waals surface area (Å²) in [4.78, 5) is 4.52. The van der Waals surface area contributed by atoms with E-state index in [0.717, 1.165) is 17.2 Å². The molecule has 0 aliphatic heterocycles. The molecule has 1 heterocycles. The Morgan fingerprint density at radius 1 is 0.750 bits per heavy atom. The van der Waals surface area contributed by atoms with Gasteiger partial charge in [-0.2, -0.15) is 0 Å². The zero-order valence-electron chi connectivity index (χ0n) is 14.0. The summed E-state index contributed by atoms with van der Waals surface area (Å²) in [6, 6.07) is 23.8. The lowest BCUT2D eigenvalue weighted by atomic mass is 9.96. The van der Waals surface area contributed by atoms with Gasteiger partial charge in [0, 0.05) is 11.8 Å². The number of aromatic nitrogens is 1. The summed E-state index contributed by atoms with van der Waals surface area (Å²) in [6.07, 6.45) is 8.80. The average molecular weight is 313 g/mol.